The SMILES string of the molecule is CN1CCOC(CNC(=O)c2ccc(N)nn2)C1. The van der Waals surface area contributed by atoms with Crippen LogP contribution in [0.15, 0.2) is 12.1 Å². The summed E-state index contributed by atoms with van der Waals surface area (Å²) in [5.41, 5.74) is 5.66. The largest absolute Gasteiger partial charge is 0.382 e. The topological polar surface area (TPSA) is 93.4 Å². The number of carbonyl (C=O) groups is 1. The van der Waals surface area contributed by atoms with Crippen LogP contribution in [0.25, 0.3) is 0 Å². The molecule has 7 nitrogen and oxygen atoms in total. The van der Waals surface area contributed by atoms with Gasteiger partial charge in [-0.2, -0.15) is 0 Å². The molecule has 7 heteroatoms. The monoisotopic (exact) mass is 251 g/mol. The molecule has 1 aromatic rings. The Balaban J connectivity index is 1.82. The van der Waals surface area contributed by atoms with Gasteiger partial charge in [0.05, 0.1) is 12.7 Å². The highest BCUT2D eigenvalue weighted by Crippen LogP contribution is 2.02. The van der Waals surface area contributed by atoms with Crippen LogP contribution in [0.4, 0.5) is 5.82 Å². The number of nitrogens with two attached hydrogens (primary N) is 1. The van der Waals surface area contributed by atoms with Crippen LogP contribution in [-0.4, -0.2) is 60.4 Å². The number of nitrogen functional groups attached to an aromatic ring is 1. The molecule has 1 aliphatic rings. The zero-order valence-corrected chi connectivity index (χ0v) is 10.3. The maximum atomic E-state index is 11.8. The van der Waals surface area contributed by atoms with Crippen LogP contribution < -0.4 is 11.1 Å². The summed E-state index contributed by atoms with van der Waals surface area (Å²) in [5, 5.41) is 10.1. The Hall–Kier alpha value is -1.73. The number of hydrogen-bond acceptors (Lipinski definition) is 6. The van der Waals surface area contributed by atoms with Crippen LogP contribution >= 0.6 is 0 Å². The lowest BCUT2D eigenvalue weighted by molar-refractivity contribution is -0.0175. The highest BCUT2D eigenvalue weighted by atomic mass is 16.5. The molecular formula is C11H17N5O2. The van der Waals surface area contributed by atoms with E-state index in [0.29, 0.717) is 19.0 Å². The van der Waals surface area contributed by atoms with Crippen molar-refractivity contribution in [2.24, 2.45) is 0 Å². The number of likely N-dealkylation sites (N-methyl/N-ethyl adjacent to an activating group) is 1. The first-order valence-corrected chi connectivity index (χ1v) is 5.82. The van der Waals surface area contributed by atoms with Gasteiger partial charge in [0, 0.05) is 19.6 Å². The van der Waals surface area contributed by atoms with Gasteiger partial charge in [0.15, 0.2) is 5.69 Å². The zero-order chi connectivity index (χ0) is 13.0. The maximum Gasteiger partial charge on any atom is 0.271 e. The minimum atomic E-state index is -0.265. The van der Waals surface area contributed by atoms with Crippen molar-refractivity contribution < 1.29 is 9.53 Å². The minimum absolute atomic E-state index is 0.0226. The van der Waals surface area contributed by atoms with Crippen molar-refractivity contribution in [3.8, 4) is 0 Å². The number of morpholine rings is 1. The van der Waals surface area contributed by atoms with Crippen LogP contribution in [0, 0.1) is 0 Å². The maximum absolute atomic E-state index is 11.8. The Morgan fingerprint density at radius 2 is 2.44 bits per heavy atom. The Labute approximate surface area is 105 Å². The molecule has 18 heavy (non-hydrogen) atoms. The Bertz CT molecular complexity index is 408. The molecule has 0 saturated carbocycles. The van der Waals surface area contributed by atoms with Gasteiger partial charge in [-0.15, -0.1) is 10.2 Å². The van der Waals surface area contributed by atoms with Gasteiger partial charge in [-0.1, -0.05) is 0 Å². The molecule has 2 rings (SSSR count). The third kappa shape index (κ3) is 3.38. The standard InChI is InChI=1S/C11H17N5O2/c1-16-4-5-18-8(7-16)6-13-11(17)9-2-3-10(12)15-14-9/h2-3,8H,4-7H2,1H3,(H2,12,15)(H,13,17). The lowest BCUT2D eigenvalue weighted by atomic mass is 10.2. The Morgan fingerprint density at radius 1 is 1.61 bits per heavy atom. The summed E-state index contributed by atoms with van der Waals surface area (Å²) in [6.45, 7) is 2.90. The van der Waals surface area contributed by atoms with Gasteiger partial charge < -0.3 is 20.7 Å². The van der Waals surface area contributed by atoms with Gasteiger partial charge in [-0.05, 0) is 19.2 Å². The molecule has 0 spiro atoms. The molecule has 1 aromatic heterocycles. The summed E-state index contributed by atoms with van der Waals surface area (Å²) in [6.07, 6.45) is 0.0226. The predicted octanol–water partition coefficient (Wildman–Crippen LogP) is -0.881. The molecule has 1 fully saturated rings. The number of nitrogens with one attached hydrogen (secondary N) is 1. The first-order chi connectivity index (χ1) is 8.65. The Kier molecular flexibility index (Phi) is 4.06. The van der Waals surface area contributed by atoms with Gasteiger partial charge in [0.1, 0.15) is 5.82 Å². The molecule has 1 atom stereocenters. The average molecular weight is 251 g/mol. The molecule has 98 valence electrons. The van der Waals surface area contributed by atoms with Crippen LogP contribution in [0.2, 0.25) is 0 Å². The molecule has 2 heterocycles. The highest BCUT2D eigenvalue weighted by Gasteiger charge is 2.18. The number of anilines is 1. The first kappa shape index (κ1) is 12.7. The molecule has 0 aromatic carbocycles. The number of ether oxygens (including phenoxy) is 1. The summed E-state index contributed by atoms with van der Waals surface area (Å²) in [4.78, 5) is 13.9. The van der Waals surface area contributed by atoms with E-state index in [2.05, 4.69) is 20.4 Å². The zero-order valence-electron chi connectivity index (χ0n) is 10.3. The van der Waals surface area contributed by atoms with Crippen molar-refractivity contribution in [2.75, 3.05) is 39.0 Å². The van der Waals surface area contributed by atoms with Gasteiger partial charge in [-0.25, -0.2) is 0 Å². The molecule has 3 N–H and O–H groups in total. The van der Waals surface area contributed by atoms with E-state index in [4.69, 9.17) is 10.5 Å². The van der Waals surface area contributed by atoms with Crippen molar-refractivity contribution >= 4 is 11.7 Å². The second-order valence-electron chi connectivity index (χ2n) is 4.31. The molecule has 0 radical (unpaired) electrons. The lowest BCUT2D eigenvalue weighted by Crippen LogP contribution is -2.46. The first-order valence-electron chi connectivity index (χ1n) is 5.82. The molecule has 1 saturated heterocycles. The predicted molar refractivity (Wildman–Crippen MR) is 66.0 cm³/mol. The molecule has 0 bridgehead atoms. The minimum Gasteiger partial charge on any atom is -0.382 e. The molecule has 1 unspecified atom stereocenters. The summed E-state index contributed by atoms with van der Waals surface area (Å²) >= 11 is 0. The van der Waals surface area contributed by atoms with E-state index >= 15 is 0 Å². The van der Waals surface area contributed by atoms with Crippen molar-refractivity contribution in [3.63, 3.8) is 0 Å². The van der Waals surface area contributed by atoms with Crippen molar-refractivity contribution in [1.29, 1.82) is 0 Å². The van der Waals surface area contributed by atoms with Gasteiger partial charge >= 0.3 is 0 Å². The second kappa shape index (κ2) is 5.74. The van der Waals surface area contributed by atoms with Gasteiger partial charge in [0.2, 0.25) is 0 Å². The van der Waals surface area contributed by atoms with E-state index in [1.54, 1.807) is 12.1 Å². The highest BCUT2D eigenvalue weighted by molar-refractivity contribution is 5.92. The fourth-order valence-electron chi connectivity index (χ4n) is 1.75. The number of hydrogen-bond donors (Lipinski definition) is 2. The number of amides is 1. The van der Waals surface area contributed by atoms with E-state index in [9.17, 15) is 4.79 Å². The fourth-order valence-corrected chi connectivity index (χ4v) is 1.75. The fraction of sp³-hybridized carbons (Fsp3) is 0.545. The third-order valence-electron chi connectivity index (χ3n) is 2.75. The lowest BCUT2D eigenvalue weighted by Gasteiger charge is -2.29. The van der Waals surface area contributed by atoms with Crippen LogP contribution in [-0.2, 0) is 4.74 Å². The summed E-state index contributed by atoms with van der Waals surface area (Å²) in [5.74, 6) is 0.0307. The summed E-state index contributed by atoms with van der Waals surface area (Å²) < 4.78 is 5.54. The van der Waals surface area contributed by atoms with Crippen molar-refractivity contribution in [2.45, 2.75) is 6.10 Å². The number of nitrogens with zero attached hydrogens (tertiary/aromatic N) is 3. The second-order valence-corrected chi connectivity index (χ2v) is 4.31. The normalized spacial score (nSPS) is 20.6. The molecular weight excluding hydrogens is 234 g/mol. The number of carbonyl (C=O) groups excluding carboxylic acids is 1. The summed E-state index contributed by atoms with van der Waals surface area (Å²) in [7, 11) is 2.03. The van der Waals surface area contributed by atoms with Crippen LogP contribution in [0.3, 0.4) is 0 Å². The van der Waals surface area contributed by atoms with E-state index < -0.39 is 0 Å². The van der Waals surface area contributed by atoms with Crippen LogP contribution in [0.5, 0.6) is 0 Å². The smallest absolute Gasteiger partial charge is 0.271 e. The van der Waals surface area contributed by atoms with Crippen LogP contribution in [0.1, 0.15) is 10.5 Å². The van der Waals surface area contributed by atoms with Crippen molar-refractivity contribution in [3.05, 3.63) is 17.8 Å². The Morgan fingerprint density at radius 3 is 3.11 bits per heavy atom. The van der Waals surface area contributed by atoms with Gasteiger partial charge in [-0.3, -0.25) is 4.79 Å². The van der Waals surface area contributed by atoms with E-state index in [0.717, 1.165) is 13.1 Å². The van der Waals surface area contributed by atoms with Crippen molar-refractivity contribution in [1.82, 2.24) is 20.4 Å². The van der Waals surface area contributed by atoms with E-state index in [-0.39, 0.29) is 17.7 Å². The molecule has 1 aliphatic heterocycles. The molecule has 1 amide bonds. The number of aromatic nitrogens is 2. The van der Waals surface area contributed by atoms with Gasteiger partial charge in [0.25, 0.3) is 5.91 Å². The molecule has 0 aliphatic carbocycles. The third-order valence-corrected chi connectivity index (χ3v) is 2.75. The van der Waals surface area contributed by atoms with E-state index in [1.165, 1.54) is 0 Å². The average Bonchev–Trinajstić information content (AvgIpc) is 2.37. The summed E-state index contributed by atoms with van der Waals surface area (Å²) in [6, 6.07) is 3.10. The quantitative estimate of drug-likeness (QED) is 0.724. The number of rotatable bonds is 3. The van der Waals surface area contributed by atoms with E-state index in [1.807, 2.05) is 7.05 Å².